The Morgan fingerprint density at radius 1 is 1.29 bits per heavy atom. The molecule has 0 spiro atoms. The highest BCUT2D eigenvalue weighted by Crippen LogP contribution is 2.22. The van der Waals surface area contributed by atoms with E-state index in [1.807, 2.05) is 6.07 Å². The molecule has 0 aliphatic carbocycles. The summed E-state index contributed by atoms with van der Waals surface area (Å²) in [6.45, 7) is 0. The Labute approximate surface area is 102 Å². The van der Waals surface area contributed by atoms with Gasteiger partial charge in [0.1, 0.15) is 10.9 Å². The quantitative estimate of drug-likeness (QED) is 0.795. The number of nitrogens with zero attached hydrogens (tertiary/aromatic N) is 1. The van der Waals surface area contributed by atoms with Crippen molar-refractivity contribution in [1.82, 2.24) is 0 Å². The van der Waals surface area contributed by atoms with E-state index in [1.165, 1.54) is 11.3 Å². The first-order valence-corrected chi connectivity index (χ1v) is 5.68. The van der Waals surface area contributed by atoms with Crippen molar-refractivity contribution in [2.75, 3.05) is 11.1 Å². The van der Waals surface area contributed by atoms with Crippen LogP contribution in [0.5, 0.6) is 0 Å². The Balaban J connectivity index is 2.18. The lowest BCUT2D eigenvalue weighted by atomic mass is 10.2. The molecule has 0 aliphatic heterocycles. The van der Waals surface area contributed by atoms with Crippen molar-refractivity contribution in [2.24, 2.45) is 0 Å². The van der Waals surface area contributed by atoms with Crippen LogP contribution in [-0.2, 0) is 0 Å². The van der Waals surface area contributed by atoms with Crippen molar-refractivity contribution in [2.45, 2.75) is 0 Å². The minimum Gasteiger partial charge on any atom is -0.398 e. The molecule has 0 saturated heterocycles. The molecule has 1 heterocycles. The van der Waals surface area contributed by atoms with Gasteiger partial charge in [0, 0.05) is 5.69 Å². The second-order valence-electron chi connectivity index (χ2n) is 3.32. The number of hydrogen-bond donors (Lipinski definition) is 2. The number of anilines is 2. The molecule has 0 saturated carbocycles. The standard InChI is InChI=1S/C12H9N3OS/c13-7-8-5-6-11(17-8)15-12(16)9-3-1-2-4-10(9)14/h1-6H,14H2,(H,15,16). The predicted octanol–water partition coefficient (Wildman–Crippen LogP) is 2.45. The van der Waals surface area contributed by atoms with Crippen molar-refractivity contribution in [3.63, 3.8) is 0 Å². The molecular formula is C12H9N3OS. The van der Waals surface area contributed by atoms with Crippen molar-refractivity contribution < 1.29 is 4.79 Å². The minimum atomic E-state index is -0.269. The van der Waals surface area contributed by atoms with Crippen LogP contribution in [0.4, 0.5) is 10.7 Å². The van der Waals surface area contributed by atoms with Gasteiger partial charge in [-0.2, -0.15) is 5.26 Å². The van der Waals surface area contributed by atoms with Gasteiger partial charge in [-0.15, -0.1) is 11.3 Å². The molecule has 0 fully saturated rings. The van der Waals surface area contributed by atoms with E-state index in [1.54, 1.807) is 36.4 Å². The summed E-state index contributed by atoms with van der Waals surface area (Å²) in [4.78, 5) is 12.4. The summed E-state index contributed by atoms with van der Waals surface area (Å²) in [7, 11) is 0. The van der Waals surface area contributed by atoms with Crippen molar-refractivity contribution >= 4 is 27.9 Å². The van der Waals surface area contributed by atoms with Crippen LogP contribution in [0.2, 0.25) is 0 Å². The van der Waals surface area contributed by atoms with E-state index in [2.05, 4.69) is 5.32 Å². The number of nitrogens with two attached hydrogens (primary N) is 1. The summed E-state index contributed by atoms with van der Waals surface area (Å²) in [5.41, 5.74) is 6.56. The largest absolute Gasteiger partial charge is 0.398 e. The Kier molecular flexibility index (Phi) is 3.08. The van der Waals surface area contributed by atoms with Crippen LogP contribution >= 0.6 is 11.3 Å². The minimum absolute atomic E-state index is 0.269. The number of nitriles is 1. The Morgan fingerprint density at radius 3 is 2.71 bits per heavy atom. The molecule has 1 aromatic heterocycles. The van der Waals surface area contributed by atoms with Crippen LogP contribution in [0.1, 0.15) is 15.2 Å². The highest BCUT2D eigenvalue weighted by Gasteiger charge is 2.10. The van der Waals surface area contributed by atoms with E-state index in [9.17, 15) is 4.79 Å². The van der Waals surface area contributed by atoms with Crippen molar-refractivity contribution in [1.29, 1.82) is 5.26 Å². The first-order chi connectivity index (χ1) is 8.20. The zero-order valence-corrected chi connectivity index (χ0v) is 9.62. The second kappa shape index (κ2) is 4.68. The SMILES string of the molecule is N#Cc1ccc(NC(=O)c2ccccc2N)s1. The molecule has 4 nitrogen and oxygen atoms in total. The number of rotatable bonds is 2. The highest BCUT2D eigenvalue weighted by molar-refractivity contribution is 7.16. The monoisotopic (exact) mass is 243 g/mol. The molecule has 1 aromatic carbocycles. The van der Waals surface area contributed by atoms with Gasteiger partial charge in [-0.3, -0.25) is 4.79 Å². The van der Waals surface area contributed by atoms with Gasteiger partial charge in [0.05, 0.1) is 10.6 Å². The molecule has 1 amide bonds. The molecular weight excluding hydrogens is 234 g/mol. The van der Waals surface area contributed by atoms with Gasteiger partial charge < -0.3 is 11.1 Å². The molecule has 0 aliphatic rings. The fourth-order valence-corrected chi connectivity index (χ4v) is 2.05. The average molecular weight is 243 g/mol. The molecule has 2 aromatic rings. The van der Waals surface area contributed by atoms with Crippen LogP contribution in [0.15, 0.2) is 36.4 Å². The molecule has 0 bridgehead atoms. The summed E-state index contributed by atoms with van der Waals surface area (Å²) in [6, 6.07) is 12.2. The number of nitrogens with one attached hydrogen (secondary N) is 1. The molecule has 0 unspecified atom stereocenters. The number of benzene rings is 1. The van der Waals surface area contributed by atoms with Crippen molar-refractivity contribution in [3.8, 4) is 6.07 Å². The molecule has 0 radical (unpaired) electrons. The predicted molar refractivity (Wildman–Crippen MR) is 67.8 cm³/mol. The Bertz CT molecular complexity index is 598. The van der Waals surface area contributed by atoms with Gasteiger partial charge >= 0.3 is 0 Å². The second-order valence-corrected chi connectivity index (χ2v) is 4.40. The number of hydrogen-bond acceptors (Lipinski definition) is 4. The van der Waals surface area contributed by atoms with Gasteiger partial charge in [0.15, 0.2) is 0 Å². The zero-order valence-electron chi connectivity index (χ0n) is 8.81. The zero-order chi connectivity index (χ0) is 12.3. The number of para-hydroxylation sites is 1. The molecule has 17 heavy (non-hydrogen) atoms. The van der Waals surface area contributed by atoms with E-state index >= 15 is 0 Å². The lowest BCUT2D eigenvalue weighted by molar-refractivity contribution is 0.102. The maximum Gasteiger partial charge on any atom is 0.258 e. The third-order valence-electron chi connectivity index (χ3n) is 2.16. The van der Waals surface area contributed by atoms with Gasteiger partial charge in [0.2, 0.25) is 0 Å². The molecule has 2 rings (SSSR count). The summed E-state index contributed by atoms with van der Waals surface area (Å²) in [5, 5.41) is 12.0. The van der Waals surface area contributed by atoms with Gasteiger partial charge in [-0.25, -0.2) is 0 Å². The number of nitrogen functional groups attached to an aromatic ring is 1. The van der Waals surface area contributed by atoms with E-state index < -0.39 is 0 Å². The van der Waals surface area contributed by atoms with Crippen LogP contribution in [0.25, 0.3) is 0 Å². The Morgan fingerprint density at radius 2 is 2.06 bits per heavy atom. The van der Waals surface area contributed by atoms with Crippen LogP contribution < -0.4 is 11.1 Å². The van der Waals surface area contributed by atoms with Gasteiger partial charge in [-0.05, 0) is 24.3 Å². The topological polar surface area (TPSA) is 78.9 Å². The first kappa shape index (κ1) is 11.2. The number of amides is 1. The fraction of sp³-hybridized carbons (Fsp3) is 0. The van der Waals surface area contributed by atoms with Crippen molar-refractivity contribution in [3.05, 3.63) is 46.8 Å². The van der Waals surface area contributed by atoms with E-state index in [-0.39, 0.29) is 5.91 Å². The summed E-state index contributed by atoms with van der Waals surface area (Å²) in [6.07, 6.45) is 0. The molecule has 5 heteroatoms. The fourth-order valence-electron chi connectivity index (χ4n) is 1.35. The Hall–Kier alpha value is -2.32. The van der Waals surface area contributed by atoms with E-state index in [4.69, 9.17) is 11.0 Å². The summed E-state index contributed by atoms with van der Waals surface area (Å²) < 4.78 is 0. The number of carbonyl (C=O) groups is 1. The maximum atomic E-state index is 11.9. The highest BCUT2D eigenvalue weighted by atomic mass is 32.1. The van der Waals surface area contributed by atoms with Gasteiger partial charge in [-0.1, -0.05) is 12.1 Å². The number of thiophene rings is 1. The van der Waals surface area contributed by atoms with E-state index in [0.29, 0.717) is 21.1 Å². The third kappa shape index (κ3) is 2.44. The van der Waals surface area contributed by atoms with E-state index in [0.717, 1.165) is 0 Å². The number of carbonyl (C=O) groups excluding carboxylic acids is 1. The average Bonchev–Trinajstić information content (AvgIpc) is 2.77. The third-order valence-corrected chi connectivity index (χ3v) is 3.06. The van der Waals surface area contributed by atoms with Crippen LogP contribution in [-0.4, -0.2) is 5.91 Å². The van der Waals surface area contributed by atoms with Crippen LogP contribution in [0.3, 0.4) is 0 Å². The smallest absolute Gasteiger partial charge is 0.258 e. The summed E-state index contributed by atoms with van der Waals surface area (Å²) in [5.74, 6) is -0.269. The summed E-state index contributed by atoms with van der Waals surface area (Å²) >= 11 is 1.23. The van der Waals surface area contributed by atoms with Gasteiger partial charge in [0.25, 0.3) is 5.91 Å². The first-order valence-electron chi connectivity index (χ1n) is 4.86. The molecule has 3 N–H and O–H groups in total. The lowest BCUT2D eigenvalue weighted by Gasteiger charge is -2.04. The van der Waals surface area contributed by atoms with Crippen LogP contribution in [0, 0.1) is 11.3 Å². The molecule has 0 atom stereocenters. The maximum absolute atomic E-state index is 11.9. The lowest BCUT2D eigenvalue weighted by Crippen LogP contribution is -2.12. The normalized spacial score (nSPS) is 9.59. The molecule has 84 valence electrons.